The summed E-state index contributed by atoms with van der Waals surface area (Å²) in [6, 6.07) is 5.73. The zero-order valence-electron chi connectivity index (χ0n) is 9.62. The van der Waals surface area contributed by atoms with Gasteiger partial charge < -0.3 is 5.73 Å². The van der Waals surface area contributed by atoms with Gasteiger partial charge >= 0.3 is 0 Å². The first-order valence-corrected chi connectivity index (χ1v) is 7.50. The highest BCUT2D eigenvalue weighted by Crippen LogP contribution is 2.19. The fourth-order valence-electron chi connectivity index (χ4n) is 2.07. The fourth-order valence-corrected chi connectivity index (χ4v) is 3.30. The molecule has 94 valence electrons. The smallest absolute Gasteiger partial charge is 0.152 e. The van der Waals surface area contributed by atoms with Gasteiger partial charge in [0.05, 0.1) is 23.2 Å². The molecule has 0 bridgehead atoms. The summed E-state index contributed by atoms with van der Waals surface area (Å²) >= 11 is 0. The third-order valence-electron chi connectivity index (χ3n) is 3.07. The van der Waals surface area contributed by atoms with Gasteiger partial charge in [0.2, 0.25) is 0 Å². The van der Waals surface area contributed by atoms with Crippen LogP contribution in [0.4, 0.5) is 0 Å². The van der Waals surface area contributed by atoms with E-state index >= 15 is 0 Å². The number of hydrogen-bond acceptors (Lipinski definition) is 5. The van der Waals surface area contributed by atoms with Crippen molar-refractivity contribution in [1.29, 1.82) is 0 Å². The van der Waals surface area contributed by atoms with Crippen molar-refractivity contribution in [3.63, 3.8) is 0 Å². The lowest BCUT2D eigenvalue weighted by atomic mass is 10.1. The van der Waals surface area contributed by atoms with Crippen molar-refractivity contribution in [2.75, 3.05) is 31.1 Å². The summed E-state index contributed by atoms with van der Waals surface area (Å²) in [7, 11) is -2.84. The van der Waals surface area contributed by atoms with Crippen molar-refractivity contribution in [1.82, 2.24) is 9.88 Å². The summed E-state index contributed by atoms with van der Waals surface area (Å²) < 4.78 is 22.7. The summed E-state index contributed by atoms with van der Waals surface area (Å²) in [6.07, 6.45) is 1.73. The van der Waals surface area contributed by atoms with E-state index < -0.39 is 9.84 Å². The number of nitrogens with two attached hydrogens (primary N) is 1. The van der Waals surface area contributed by atoms with E-state index in [1.165, 1.54) is 0 Å². The fraction of sp³-hybridized carbons (Fsp3) is 0.545. The van der Waals surface area contributed by atoms with E-state index in [1.807, 2.05) is 18.2 Å². The van der Waals surface area contributed by atoms with Gasteiger partial charge in [-0.1, -0.05) is 6.07 Å². The molecule has 1 aliphatic rings. The molecule has 1 aliphatic heterocycles. The third kappa shape index (κ3) is 3.02. The van der Waals surface area contributed by atoms with Gasteiger partial charge in [0.15, 0.2) is 9.84 Å². The Labute approximate surface area is 102 Å². The second-order valence-corrected chi connectivity index (χ2v) is 6.50. The molecule has 0 spiro atoms. The highest BCUT2D eigenvalue weighted by Gasteiger charge is 2.27. The second kappa shape index (κ2) is 5.12. The van der Waals surface area contributed by atoms with Crippen LogP contribution < -0.4 is 5.73 Å². The van der Waals surface area contributed by atoms with Crippen molar-refractivity contribution in [3.8, 4) is 0 Å². The van der Waals surface area contributed by atoms with Gasteiger partial charge in [-0.3, -0.25) is 9.88 Å². The molecule has 2 heterocycles. The van der Waals surface area contributed by atoms with E-state index in [4.69, 9.17) is 5.73 Å². The van der Waals surface area contributed by atoms with Gasteiger partial charge in [0.25, 0.3) is 0 Å². The molecule has 2 rings (SSSR count). The summed E-state index contributed by atoms with van der Waals surface area (Å²) in [4.78, 5) is 6.39. The first kappa shape index (κ1) is 12.5. The quantitative estimate of drug-likeness (QED) is 0.810. The lowest BCUT2D eigenvalue weighted by Gasteiger charge is -2.33. The molecule has 1 aromatic rings. The molecule has 0 radical (unpaired) electrons. The Hall–Kier alpha value is -0.980. The van der Waals surface area contributed by atoms with Gasteiger partial charge in [-0.05, 0) is 12.1 Å². The summed E-state index contributed by atoms with van der Waals surface area (Å²) in [6.45, 7) is 1.54. The molecule has 0 aliphatic carbocycles. The van der Waals surface area contributed by atoms with E-state index in [-0.39, 0.29) is 17.5 Å². The minimum atomic E-state index is -2.84. The minimum Gasteiger partial charge on any atom is -0.329 e. The molecule has 1 unspecified atom stereocenters. The number of pyridine rings is 1. The summed E-state index contributed by atoms with van der Waals surface area (Å²) in [5.41, 5.74) is 6.68. The van der Waals surface area contributed by atoms with Crippen LogP contribution in [0.25, 0.3) is 0 Å². The predicted molar refractivity (Wildman–Crippen MR) is 66.3 cm³/mol. The minimum absolute atomic E-state index is 0.0201. The maximum atomic E-state index is 11.4. The van der Waals surface area contributed by atoms with Crippen LogP contribution in [0.2, 0.25) is 0 Å². The highest BCUT2D eigenvalue weighted by molar-refractivity contribution is 7.91. The number of hydrogen-bond donors (Lipinski definition) is 1. The zero-order valence-corrected chi connectivity index (χ0v) is 10.4. The molecular weight excluding hydrogens is 238 g/mol. The Bertz CT molecular complexity index is 447. The molecule has 1 aromatic heterocycles. The van der Waals surface area contributed by atoms with Crippen molar-refractivity contribution in [3.05, 3.63) is 30.1 Å². The Balaban J connectivity index is 2.11. The lowest BCUT2D eigenvalue weighted by molar-refractivity contribution is 0.215. The standard InChI is InChI=1S/C11H17N3O2S/c12-9-11(10-3-1-2-4-13-10)14-5-7-17(15,16)8-6-14/h1-4,11H,5-9,12H2. The molecule has 0 aromatic carbocycles. The van der Waals surface area contributed by atoms with Crippen molar-refractivity contribution >= 4 is 9.84 Å². The van der Waals surface area contributed by atoms with Gasteiger partial charge in [-0.2, -0.15) is 0 Å². The summed E-state index contributed by atoms with van der Waals surface area (Å²) in [5, 5.41) is 0. The molecule has 1 fully saturated rings. The van der Waals surface area contributed by atoms with E-state index in [0.717, 1.165) is 5.69 Å². The van der Waals surface area contributed by atoms with Gasteiger partial charge in [-0.25, -0.2) is 8.42 Å². The van der Waals surface area contributed by atoms with Crippen LogP contribution in [0.15, 0.2) is 24.4 Å². The van der Waals surface area contributed by atoms with Crippen LogP contribution in [-0.4, -0.2) is 49.4 Å². The topological polar surface area (TPSA) is 76.3 Å². The molecular formula is C11H17N3O2S. The summed E-state index contributed by atoms with van der Waals surface area (Å²) in [5.74, 6) is 0.437. The molecule has 0 amide bonds. The largest absolute Gasteiger partial charge is 0.329 e. The predicted octanol–water partition coefficient (Wildman–Crippen LogP) is -0.188. The Morgan fingerprint density at radius 2 is 2.06 bits per heavy atom. The average molecular weight is 255 g/mol. The Morgan fingerprint density at radius 1 is 1.35 bits per heavy atom. The van der Waals surface area contributed by atoms with Crippen LogP contribution in [0.1, 0.15) is 11.7 Å². The van der Waals surface area contributed by atoms with Crippen LogP contribution in [0.3, 0.4) is 0 Å². The number of nitrogens with zero attached hydrogens (tertiary/aromatic N) is 2. The molecule has 2 N–H and O–H groups in total. The second-order valence-electron chi connectivity index (χ2n) is 4.19. The number of sulfone groups is 1. The molecule has 1 saturated heterocycles. The van der Waals surface area contributed by atoms with Crippen LogP contribution in [-0.2, 0) is 9.84 Å². The highest BCUT2D eigenvalue weighted by atomic mass is 32.2. The Morgan fingerprint density at radius 3 is 2.59 bits per heavy atom. The van der Waals surface area contributed by atoms with E-state index in [1.54, 1.807) is 6.20 Å². The number of rotatable bonds is 3. The maximum absolute atomic E-state index is 11.4. The van der Waals surface area contributed by atoms with Crippen molar-refractivity contribution in [2.45, 2.75) is 6.04 Å². The monoisotopic (exact) mass is 255 g/mol. The first-order valence-electron chi connectivity index (χ1n) is 5.68. The molecule has 0 saturated carbocycles. The van der Waals surface area contributed by atoms with Gasteiger partial charge in [0, 0.05) is 25.8 Å². The first-order chi connectivity index (χ1) is 8.12. The molecule has 17 heavy (non-hydrogen) atoms. The maximum Gasteiger partial charge on any atom is 0.152 e. The molecule has 5 nitrogen and oxygen atoms in total. The average Bonchev–Trinajstić information content (AvgIpc) is 2.33. The van der Waals surface area contributed by atoms with E-state index in [0.29, 0.717) is 19.6 Å². The van der Waals surface area contributed by atoms with Gasteiger partial charge in [0.1, 0.15) is 0 Å². The third-order valence-corrected chi connectivity index (χ3v) is 4.68. The van der Waals surface area contributed by atoms with E-state index in [2.05, 4.69) is 9.88 Å². The van der Waals surface area contributed by atoms with Crippen LogP contribution in [0.5, 0.6) is 0 Å². The van der Waals surface area contributed by atoms with Crippen LogP contribution in [0, 0.1) is 0 Å². The molecule has 6 heteroatoms. The normalized spacial score (nSPS) is 22.2. The SMILES string of the molecule is NCC(c1ccccn1)N1CCS(=O)(=O)CC1. The van der Waals surface area contributed by atoms with Crippen molar-refractivity contribution < 1.29 is 8.42 Å². The van der Waals surface area contributed by atoms with E-state index in [9.17, 15) is 8.42 Å². The number of aromatic nitrogens is 1. The zero-order chi connectivity index (χ0) is 12.3. The molecule has 1 atom stereocenters. The lowest BCUT2D eigenvalue weighted by Crippen LogP contribution is -2.44. The Kier molecular flexibility index (Phi) is 3.76. The van der Waals surface area contributed by atoms with Crippen LogP contribution >= 0.6 is 0 Å². The van der Waals surface area contributed by atoms with Gasteiger partial charge in [-0.15, -0.1) is 0 Å². The van der Waals surface area contributed by atoms with Crippen molar-refractivity contribution in [2.24, 2.45) is 5.73 Å².